The van der Waals surface area contributed by atoms with E-state index in [1.165, 1.54) is 32.1 Å². The van der Waals surface area contributed by atoms with E-state index >= 15 is 0 Å². The van der Waals surface area contributed by atoms with Gasteiger partial charge in [0.1, 0.15) is 0 Å². The number of carbonyl (C=O) groups excluding carboxylic acids is 1. The van der Waals surface area contributed by atoms with Crippen LogP contribution in [0.1, 0.15) is 51.4 Å². The highest BCUT2D eigenvalue weighted by molar-refractivity contribution is 7.99. The maximum absolute atomic E-state index is 11.9. The second-order valence-corrected chi connectivity index (χ2v) is 7.11. The van der Waals surface area contributed by atoms with Crippen LogP contribution in [-0.2, 0) is 9.53 Å². The van der Waals surface area contributed by atoms with Crippen LogP contribution < -0.4 is 5.32 Å². The first kappa shape index (κ1) is 15.2. The molecule has 1 aliphatic carbocycles. The van der Waals surface area contributed by atoms with Crippen LogP contribution in [0.2, 0.25) is 0 Å². The molecule has 0 aromatic rings. The summed E-state index contributed by atoms with van der Waals surface area (Å²) in [6.07, 6.45) is 9.57. The number of nitrogens with one attached hydrogen (secondary N) is 1. The maximum atomic E-state index is 11.9. The van der Waals surface area contributed by atoms with Crippen molar-refractivity contribution in [2.75, 3.05) is 25.2 Å². The van der Waals surface area contributed by atoms with Crippen molar-refractivity contribution < 1.29 is 9.53 Å². The summed E-state index contributed by atoms with van der Waals surface area (Å²) in [4.78, 5) is 11.9. The largest absolute Gasteiger partial charge is 0.376 e. The fourth-order valence-electron chi connectivity index (χ4n) is 3.12. The highest BCUT2D eigenvalue weighted by Crippen LogP contribution is 2.30. The van der Waals surface area contributed by atoms with Gasteiger partial charge >= 0.3 is 0 Å². The molecule has 4 heteroatoms. The van der Waals surface area contributed by atoms with Crippen molar-refractivity contribution in [2.45, 2.75) is 57.0 Å². The highest BCUT2D eigenvalue weighted by Gasteiger charge is 2.34. The molecule has 2 fully saturated rings. The minimum Gasteiger partial charge on any atom is -0.376 e. The molecule has 1 N–H and O–H groups in total. The second kappa shape index (κ2) is 7.53. The lowest BCUT2D eigenvalue weighted by molar-refractivity contribution is -0.122. The monoisotopic (exact) mass is 285 g/mol. The summed E-state index contributed by atoms with van der Waals surface area (Å²) in [7, 11) is 1.76. The average Bonchev–Trinajstić information content (AvgIpc) is 2.93. The molecule has 110 valence electrons. The van der Waals surface area contributed by atoms with E-state index < -0.39 is 0 Å². The van der Waals surface area contributed by atoms with E-state index in [2.05, 4.69) is 5.32 Å². The Bertz CT molecular complexity index is 284. The van der Waals surface area contributed by atoms with Crippen molar-refractivity contribution in [3.8, 4) is 0 Å². The molecule has 0 radical (unpaired) electrons. The predicted molar refractivity (Wildman–Crippen MR) is 80.5 cm³/mol. The van der Waals surface area contributed by atoms with Crippen molar-refractivity contribution in [1.82, 2.24) is 5.32 Å². The van der Waals surface area contributed by atoms with Gasteiger partial charge in [0.25, 0.3) is 0 Å². The zero-order chi connectivity index (χ0) is 13.6. The summed E-state index contributed by atoms with van der Waals surface area (Å²) < 4.78 is 5.61. The molecule has 0 aromatic carbocycles. The van der Waals surface area contributed by atoms with Crippen LogP contribution in [0.25, 0.3) is 0 Å². The Morgan fingerprint density at radius 2 is 2.16 bits per heavy atom. The molecule has 0 spiro atoms. The van der Waals surface area contributed by atoms with E-state index in [1.807, 2.05) is 11.8 Å². The van der Waals surface area contributed by atoms with Crippen LogP contribution in [-0.4, -0.2) is 36.7 Å². The highest BCUT2D eigenvalue weighted by atomic mass is 32.2. The number of hydrogen-bond donors (Lipinski definition) is 1. The van der Waals surface area contributed by atoms with Crippen molar-refractivity contribution in [3.63, 3.8) is 0 Å². The summed E-state index contributed by atoms with van der Waals surface area (Å²) in [5.74, 6) is 3.15. The van der Waals surface area contributed by atoms with Gasteiger partial charge in [0.05, 0.1) is 5.60 Å². The molecule has 1 saturated heterocycles. The van der Waals surface area contributed by atoms with Gasteiger partial charge in [-0.1, -0.05) is 32.1 Å². The van der Waals surface area contributed by atoms with Gasteiger partial charge in [0.2, 0.25) is 5.91 Å². The van der Waals surface area contributed by atoms with E-state index in [0.29, 0.717) is 13.0 Å². The van der Waals surface area contributed by atoms with Gasteiger partial charge in [-0.05, 0) is 24.5 Å². The topological polar surface area (TPSA) is 38.3 Å². The van der Waals surface area contributed by atoms with E-state index in [1.54, 1.807) is 7.11 Å². The second-order valence-electron chi connectivity index (χ2n) is 6.01. The molecule has 2 rings (SSSR count). The van der Waals surface area contributed by atoms with Gasteiger partial charge in [-0.3, -0.25) is 4.79 Å². The Hall–Kier alpha value is -0.220. The number of hydrogen-bond acceptors (Lipinski definition) is 3. The molecule has 1 aliphatic heterocycles. The maximum Gasteiger partial charge on any atom is 0.220 e. The zero-order valence-electron chi connectivity index (χ0n) is 12.1. The van der Waals surface area contributed by atoms with Crippen LogP contribution in [0.4, 0.5) is 0 Å². The number of thioether (sulfide) groups is 1. The smallest absolute Gasteiger partial charge is 0.220 e. The number of ether oxygens (including phenoxy) is 1. The van der Waals surface area contributed by atoms with Crippen molar-refractivity contribution in [3.05, 3.63) is 0 Å². The number of methoxy groups -OCH3 is 1. The Labute approximate surface area is 121 Å². The standard InChI is InChI=1S/C15H27NO2S/c1-18-15(9-10-19-12-15)11-16-14(17)8-7-13-5-3-2-4-6-13/h13H,2-12H2,1H3,(H,16,17). The zero-order valence-corrected chi connectivity index (χ0v) is 12.9. The molecule has 1 heterocycles. The van der Waals surface area contributed by atoms with Gasteiger partial charge in [0.15, 0.2) is 0 Å². The van der Waals surface area contributed by atoms with Crippen LogP contribution >= 0.6 is 11.8 Å². The summed E-state index contributed by atoms with van der Waals surface area (Å²) in [5, 5.41) is 3.08. The van der Waals surface area contributed by atoms with Crippen molar-refractivity contribution >= 4 is 17.7 Å². The third-order valence-electron chi connectivity index (χ3n) is 4.61. The summed E-state index contributed by atoms with van der Waals surface area (Å²) >= 11 is 1.92. The molecule has 1 amide bonds. The van der Waals surface area contributed by atoms with Gasteiger partial charge < -0.3 is 10.1 Å². The molecular formula is C15H27NO2S. The van der Waals surface area contributed by atoms with E-state index in [-0.39, 0.29) is 11.5 Å². The van der Waals surface area contributed by atoms with Crippen molar-refractivity contribution in [1.29, 1.82) is 0 Å². The molecule has 19 heavy (non-hydrogen) atoms. The van der Waals surface area contributed by atoms with Crippen LogP contribution in [0, 0.1) is 5.92 Å². The normalized spacial score (nSPS) is 28.5. The SMILES string of the molecule is COC1(CNC(=O)CCC2CCCCC2)CCSC1. The third-order valence-corrected chi connectivity index (χ3v) is 5.84. The predicted octanol–water partition coefficient (Wildman–Crippen LogP) is 2.99. The Morgan fingerprint density at radius 1 is 1.37 bits per heavy atom. The Kier molecular flexibility index (Phi) is 6.02. The van der Waals surface area contributed by atoms with Gasteiger partial charge in [-0.2, -0.15) is 11.8 Å². The molecule has 0 aromatic heterocycles. The summed E-state index contributed by atoms with van der Waals surface area (Å²) in [6.45, 7) is 0.681. The Morgan fingerprint density at radius 3 is 2.79 bits per heavy atom. The summed E-state index contributed by atoms with van der Waals surface area (Å²) in [5.41, 5.74) is -0.106. The Balaban J connectivity index is 1.63. The molecule has 2 aliphatic rings. The lowest BCUT2D eigenvalue weighted by atomic mass is 9.86. The minimum absolute atomic E-state index is 0.106. The van der Waals surface area contributed by atoms with Gasteiger partial charge in [-0.15, -0.1) is 0 Å². The van der Waals surface area contributed by atoms with E-state index in [4.69, 9.17) is 4.74 Å². The number of amides is 1. The fraction of sp³-hybridized carbons (Fsp3) is 0.933. The molecule has 1 saturated carbocycles. The minimum atomic E-state index is -0.106. The van der Waals surface area contributed by atoms with Crippen LogP contribution in [0.3, 0.4) is 0 Å². The fourth-order valence-corrected chi connectivity index (χ4v) is 4.52. The molecular weight excluding hydrogens is 258 g/mol. The number of rotatable bonds is 6. The third kappa shape index (κ3) is 4.67. The first-order valence-electron chi connectivity index (χ1n) is 7.64. The van der Waals surface area contributed by atoms with E-state index in [9.17, 15) is 4.79 Å². The first-order chi connectivity index (χ1) is 9.24. The van der Waals surface area contributed by atoms with Crippen molar-refractivity contribution in [2.24, 2.45) is 5.92 Å². The lowest BCUT2D eigenvalue weighted by Crippen LogP contribution is -2.44. The first-order valence-corrected chi connectivity index (χ1v) is 8.79. The van der Waals surface area contributed by atoms with Crippen LogP contribution in [0.15, 0.2) is 0 Å². The van der Waals surface area contributed by atoms with E-state index in [0.717, 1.165) is 30.3 Å². The quantitative estimate of drug-likeness (QED) is 0.815. The number of carbonyl (C=O) groups is 1. The molecule has 3 nitrogen and oxygen atoms in total. The molecule has 1 atom stereocenters. The molecule has 0 bridgehead atoms. The lowest BCUT2D eigenvalue weighted by Gasteiger charge is -2.27. The molecule has 1 unspecified atom stereocenters. The van der Waals surface area contributed by atoms with Gasteiger partial charge in [0, 0.05) is 25.8 Å². The van der Waals surface area contributed by atoms with Crippen LogP contribution in [0.5, 0.6) is 0 Å². The van der Waals surface area contributed by atoms with Gasteiger partial charge in [-0.25, -0.2) is 0 Å². The summed E-state index contributed by atoms with van der Waals surface area (Å²) in [6, 6.07) is 0. The average molecular weight is 285 g/mol.